The predicted octanol–water partition coefficient (Wildman–Crippen LogP) is 5.08. The highest BCUT2D eigenvalue weighted by molar-refractivity contribution is 9.09. The first-order chi connectivity index (χ1) is 7.41. The maximum Gasteiger partial charge on any atom is 0.00922 e. The van der Waals surface area contributed by atoms with Gasteiger partial charge in [-0.15, -0.1) is 0 Å². The van der Waals surface area contributed by atoms with Crippen molar-refractivity contribution < 1.29 is 0 Å². The maximum absolute atomic E-state index is 3.44. The molecule has 15 heavy (non-hydrogen) atoms. The fourth-order valence-corrected chi connectivity index (χ4v) is 1.67. The molecule has 0 amide bonds. The van der Waals surface area contributed by atoms with Gasteiger partial charge in [-0.05, 0) is 25.3 Å². The van der Waals surface area contributed by atoms with Crippen LogP contribution in [0.15, 0.2) is 12.2 Å². The lowest BCUT2D eigenvalue weighted by molar-refractivity contribution is 0.645. The van der Waals surface area contributed by atoms with Crippen molar-refractivity contribution in [3.63, 3.8) is 0 Å². The molecule has 0 aromatic rings. The predicted molar refractivity (Wildman–Crippen MR) is 73.3 cm³/mol. The van der Waals surface area contributed by atoms with Crippen molar-refractivity contribution in [3.05, 3.63) is 12.2 Å². The number of allylic oxidation sites excluding steroid dienone is 2. The second-order valence-corrected chi connectivity index (χ2v) is 4.51. The Balaban J connectivity index is 3.15. The van der Waals surface area contributed by atoms with Gasteiger partial charge in [0, 0.05) is 11.8 Å². The van der Waals surface area contributed by atoms with Gasteiger partial charge in [-0.1, -0.05) is 66.5 Å². The van der Waals surface area contributed by atoms with E-state index in [9.17, 15) is 0 Å². The van der Waals surface area contributed by atoms with Crippen molar-refractivity contribution in [2.24, 2.45) is 0 Å². The van der Waals surface area contributed by atoms with Gasteiger partial charge in [-0.2, -0.15) is 0 Å². The molecule has 0 aliphatic carbocycles. The first kappa shape index (κ1) is 14.8. The van der Waals surface area contributed by atoms with Gasteiger partial charge in [-0.25, -0.2) is 0 Å². The van der Waals surface area contributed by atoms with E-state index in [0.717, 1.165) is 18.2 Å². The molecule has 0 unspecified atom stereocenters. The molecule has 0 nitrogen and oxygen atoms in total. The smallest absolute Gasteiger partial charge is 0.00922 e. The van der Waals surface area contributed by atoms with Crippen LogP contribution in [0.25, 0.3) is 0 Å². The van der Waals surface area contributed by atoms with E-state index >= 15 is 0 Å². The molecule has 0 aliphatic rings. The Labute approximate surface area is 104 Å². The fourth-order valence-electron chi connectivity index (χ4n) is 1.28. The van der Waals surface area contributed by atoms with E-state index in [1.807, 2.05) is 6.08 Å². The van der Waals surface area contributed by atoms with Crippen LogP contribution in [0.2, 0.25) is 0 Å². The normalized spacial score (nSPS) is 10.3. The maximum atomic E-state index is 3.44. The Kier molecular flexibility index (Phi) is 13.6. The molecule has 0 N–H and O–H groups in total. The van der Waals surface area contributed by atoms with E-state index in [0.29, 0.717) is 0 Å². The zero-order chi connectivity index (χ0) is 11.2. The first-order valence-corrected chi connectivity index (χ1v) is 7.23. The molecule has 0 saturated heterocycles. The van der Waals surface area contributed by atoms with Gasteiger partial charge in [0.05, 0.1) is 0 Å². The topological polar surface area (TPSA) is 0 Å². The van der Waals surface area contributed by atoms with Crippen molar-refractivity contribution in [1.82, 2.24) is 0 Å². The minimum absolute atomic E-state index is 1.06. The highest BCUT2D eigenvalue weighted by Crippen LogP contribution is 2.05. The summed E-state index contributed by atoms with van der Waals surface area (Å²) in [6, 6.07) is 0. The number of unbranched alkanes of at least 4 members (excludes halogenated alkanes) is 6. The number of hydrogen-bond donors (Lipinski definition) is 0. The second kappa shape index (κ2) is 13.8. The number of hydrogen-bond acceptors (Lipinski definition) is 0. The van der Waals surface area contributed by atoms with Crippen molar-refractivity contribution >= 4 is 15.9 Å². The van der Waals surface area contributed by atoms with Gasteiger partial charge in [-0.3, -0.25) is 0 Å². The molecular weight excluding hydrogens is 248 g/mol. The summed E-state index contributed by atoms with van der Waals surface area (Å²) >= 11 is 3.44. The Hall–Kier alpha value is -0.220. The molecule has 0 aliphatic heterocycles. The highest BCUT2D eigenvalue weighted by Gasteiger charge is 1.87. The minimum Gasteiger partial charge on any atom is -0.0985 e. The number of rotatable bonds is 8. The zero-order valence-electron chi connectivity index (χ0n) is 9.90. The quantitative estimate of drug-likeness (QED) is 0.328. The first-order valence-electron chi connectivity index (χ1n) is 6.11. The summed E-state index contributed by atoms with van der Waals surface area (Å²) < 4.78 is 0. The summed E-state index contributed by atoms with van der Waals surface area (Å²) in [5, 5.41) is 1.15. The van der Waals surface area contributed by atoms with Crippen LogP contribution in [0.1, 0.15) is 58.3 Å². The van der Waals surface area contributed by atoms with Crippen LogP contribution in [-0.4, -0.2) is 5.33 Å². The number of alkyl halides is 1. The molecule has 0 heterocycles. The second-order valence-electron chi connectivity index (χ2n) is 3.72. The minimum atomic E-state index is 1.06. The molecule has 0 bridgehead atoms. The molecule has 86 valence electrons. The van der Waals surface area contributed by atoms with Gasteiger partial charge < -0.3 is 0 Å². The van der Waals surface area contributed by atoms with Gasteiger partial charge in [0.2, 0.25) is 0 Å². The molecule has 0 atom stereocenters. The van der Waals surface area contributed by atoms with Crippen molar-refractivity contribution in [2.75, 3.05) is 5.33 Å². The summed E-state index contributed by atoms with van der Waals surface area (Å²) in [6.07, 6.45) is 14.2. The van der Waals surface area contributed by atoms with Crippen LogP contribution in [0, 0.1) is 11.8 Å². The van der Waals surface area contributed by atoms with Crippen LogP contribution >= 0.6 is 15.9 Å². The zero-order valence-corrected chi connectivity index (χ0v) is 11.5. The van der Waals surface area contributed by atoms with E-state index in [4.69, 9.17) is 0 Å². The third-order valence-corrected chi connectivity index (χ3v) is 2.75. The van der Waals surface area contributed by atoms with Crippen LogP contribution in [0.4, 0.5) is 0 Å². The van der Waals surface area contributed by atoms with Crippen molar-refractivity contribution in [3.8, 4) is 11.8 Å². The Morgan fingerprint density at radius 3 is 2.53 bits per heavy atom. The number of halogens is 1. The summed E-state index contributed by atoms with van der Waals surface area (Å²) in [6.45, 7) is 2.19. The van der Waals surface area contributed by atoms with E-state index in [-0.39, 0.29) is 0 Å². The monoisotopic (exact) mass is 270 g/mol. The Bertz CT molecular complexity index is 195. The highest BCUT2D eigenvalue weighted by atomic mass is 79.9. The van der Waals surface area contributed by atoms with Gasteiger partial charge >= 0.3 is 0 Å². The van der Waals surface area contributed by atoms with E-state index < -0.39 is 0 Å². The SMILES string of the molecule is CCC/C=C\C#CCCCCCCCBr. The Morgan fingerprint density at radius 1 is 1.07 bits per heavy atom. The van der Waals surface area contributed by atoms with Crippen molar-refractivity contribution in [2.45, 2.75) is 58.3 Å². The van der Waals surface area contributed by atoms with Gasteiger partial charge in [0.25, 0.3) is 0 Å². The molecule has 0 radical (unpaired) electrons. The van der Waals surface area contributed by atoms with Gasteiger partial charge in [0.1, 0.15) is 0 Å². The molecule has 0 spiro atoms. The van der Waals surface area contributed by atoms with Crippen molar-refractivity contribution in [1.29, 1.82) is 0 Å². The molecule has 0 aromatic heterocycles. The molecule has 1 heteroatoms. The largest absolute Gasteiger partial charge is 0.0985 e. The molecule has 0 fully saturated rings. The summed E-state index contributed by atoms with van der Waals surface area (Å²) in [4.78, 5) is 0. The standard InChI is InChI=1S/C14H23Br/c1-2-3-4-5-6-7-8-9-10-11-12-13-14-15/h4-5H,2-3,8-14H2,1H3/b5-4-. The molecule has 0 aromatic carbocycles. The molecule has 0 saturated carbocycles. The van der Waals surface area contributed by atoms with Crippen LogP contribution in [-0.2, 0) is 0 Å². The summed E-state index contributed by atoms with van der Waals surface area (Å²) in [5.41, 5.74) is 0. The summed E-state index contributed by atoms with van der Waals surface area (Å²) in [7, 11) is 0. The van der Waals surface area contributed by atoms with E-state index in [2.05, 4.69) is 40.8 Å². The van der Waals surface area contributed by atoms with Crippen LogP contribution in [0.3, 0.4) is 0 Å². The van der Waals surface area contributed by atoms with E-state index in [1.54, 1.807) is 0 Å². The average Bonchev–Trinajstić information content (AvgIpc) is 2.26. The third-order valence-electron chi connectivity index (χ3n) is 2.19. The van der Waals surface area contributed by atoms with Crippen LogP contribution < -0.4 is 0 Å². The molecular formula is C14H23Br. The molecule has 0 rings (SSSR count). The summed E-state index contributed by atoms with van der Waals surface area (Å²) in [5.74, 6) is 6.27. The Morgan fingerprint density at radius 2 is 1.80 bits per heavy atom. The van der Waals surface area contributed by atoms with E-state index in [1.165, 1.54) is 38.5 Å². The lowest BCUT2D eigenvalue weighted by Gasteiger charge is -1.95. The fraction of sp³-hybridized carbons (Fsp3) is 0.714. The lowest BCUT2D eigenvalue weighted by atomic mass is 10.1. The van der Waals surface area contributed by atoms with Gasteiger partial charge in [0.15, 0.2) is 0 Å². The lowest BCUT2D eigenvalue weighted by Crippen LogP contribution is -1.79. The average molecular weight is 271 g/mol. The van der Waals surface area contributed by atoms with Crippen LogP contribution in [0.5, 0.6) is 0 Å². The third kappa shape index (κ3) is 13.8.